The molecule has 0 spiro atoms. The molecule has 0 aliphatic rings. The summed E-state index contributed by atoms with van der Waals surface area (Å²) < 4.78 is 5.40. The Labute approximate surface area is 117 Å². The number of hydrogen-bond acceptors (Lipinski definition) is 3. The van der Waals surface area contributed by atoms with Crippen LogP contribution in [0.4, 0.5) is 0 Å². The molecule has 2 aromatic rings. The van der Waals surface area contributed by atoms with Gasteiger partial charge in [-0.25, -0.2) is 0 Å². The average Bonchev–Trinajstić information content (AvgIpc) is 2.86. The standard InChI is InChI=1S/C16H17NO3/c1-10(2)17-16(19)12-4-6-14(11(3)8-12)15-7-5-13(9-18)20-15/h4-10H,1-3H3,(H,17,19). The van der Waals surface area contributed by atoms with Crippen LogP contribution in [0, 0.1) is 6.92 Å². The van der Waals surface area contributed by atoms with Crippen molar-refractivity contribution in [3.63, 3.8) is 0 Å². The summed E-state index contributed by atoms with van der Waals surface area (Å²) >= 11 is 0. The van der Waals surface area contributed by atoms with E-state index in [0.717, 1.165) is 11.1 Å². The highest BCUT2D eigenvalue weighted by atomic mass is 16.3. The summed E-state index contributed by atoms with van der Waals surface area (Å²) in [4.78, 5) is 22.6. The second kappa shape index (κ2) is 5.74. The Morgan fingerprint density at radius 2 is 2.00 bits per heavy atom. The molecule has 1 aromatic heterocycles. The minimum absolute atomic E-state index is 0.0947. The third-order valence-corrected chi connectivity index (χ3v) is 2.92. The monoisotopic (exact) mass is 271 g/mol. The van der Waals surface area contributed by atoms with Crippen molar-refractivity contribution in [3.8, 4) is 11.3 Å². The second-order valence-corrected chi connectivity index (χ2v) is 4.98. The molecule has 1 N–H and O–H groups in total. The van der Waals surface area contributed by atoms with E-state index in [4.69, 9.17) is 4.42 Å². The molecule has 2 rings (SSSR count). The normalized spacial score (nSPS) is 10.6. The van der Waals surface area contributed by atoms with Crippen LogP contribution in [0.5, 0.6) is 0 Å². The van der Waals surface area contributed by atoms with Gasteiger partial charge in [0.25, 0.3) is 5.91 Å². The number of amides is 1. The van der Waals surface area contributed by atoms with Gasteiger partial charge in [0.15, 0.2) is 12.0 Å². The van der Waals surface area contributed by atoms with Gasteiger partial charge in [-0.3, -0.25) is 9.59 Å². The lowest BCUT2D eigenvalue weighted by Crippen LogP contribution is -2.30. The first kappa shape index (κ1) is 14.1. The Kier molecular flexibility index (Phi) is 4.03. The van der Waals surface area contributed by atoms with Crippen LogP contribution in [0.3, 0.4) is 0 Å². The highest BCUT2D eigenvalue weighted by molar-refractivity contribution is 5.95. The Hall–Kier alpha value is -2.36. The molecular weight excluding hydrogens is 254 g/mol. The topological polar surface area (TPSA) is 59.3 Å². The van der Waals surface area contributed by atoms with Crippen LogP contribution in [-0.4, -0.2) is 18.2 Å². The van der Waals surface area contributed by atoms with Crippen LogP contribution >= 0.6 is 0 Å². The zero-order chi connectivity index (χ0) is 14.7. The van der Waals surface area contributed by atoms with Crippen molar-refractivity contribution in [1.29, 1.82) is 0 Å². The molecule has 0 fully saturated rings. The van der Waals surface area contributed by atoms with E-state index in [1.807, 2.05) is 32.9 Å². The maximum absolute atomic E-state index is 11.9. The smallest absolute Gasteiger partial charge is 0.251 e. The molecule has 0 atom stereocenters. The molecule has 0 bridgehead atoms. The van der Waals surface area contributed by atoms with E-state index in [2.05, 4.69) is 5.32 Å². The van der Waals surface area contributed by atoms with Gasteiger partial charge in [-0.05, 0) is 50.6 Å². The van der Waals surface area contributed by atoms with Crippen molar-refractivity contribution in [2.75, 3.05) is 0 Å². The summed E-state index contributed by atoms with van der Waals surface area (Å²) in [7, 11) is 0. The summed E-state index contributed by atoms with van der Waals surface area (Å²) in [6.45, 7) is 5.75. The predicted octanol–water partition coefficient (Wildman–Crippen LogP) is 3.21. The van der Waals surface area contributed by atoms with Crippen molar-refractivity contribution < 1.29 is 14.0 Å². The Morgan fingerprint density at radius 3 is 2.55 bits per heavy atom. The molecule has 1 amide bonds. The molecule has 0 saturated carbocycles. The van der Waals surface area contributed by atoms with Gasteiger partial charge in [0.1, 0.15) is 5.76 Å². The molecule has 4 nitrogen and oxygen atoms in total. The average molecular weight is 271 g/mol. The summed E-state index contributed by atoms with van der Waals surface area (Å²) in [5, 5.41) is 2.85. The molecule has 104 valence electrons. The fourth-order valence-electron chi connectivity index (χ4n) is 1.99. The largest absolute Gasteiger partial charge is 0.453 e. The van der Waals surface area contributed by atoms with Crippen LogP contribution in [-0.2, 0) is 0 Å². The van der Waals surface area contributed by atoms with E-state index in [9.17, 15) is 9.59 Å². The fraction of sp³-hybridized carbons (Fsp3) is 0.250. The molecule has 1 aromatic carbocycles. The lowest BCUT2D eigenvalue weighted by Gasteiger charge is -2.10. The molecule has 0 aliphatic heterocycles. The number of rotatable bonds is 4. The molecule has 0 aliphatic carbocycles. The molecule has 1 heterocycles. The first-order chi connectivity index (χ1) is 9.51. The van der Waals surface area contributed by atoms with Gasteiger partial charge in [-0.1, -0.05) is 6.07 Å². The minimum Gasteiger partial charge on any atom is -0.453 e. The first-order valence-corrected chi connectivity index (χ1v) is 6.48. The van der Waals surface area contributed by atoms with Gasteiger partial charge in [-0.2, -0.15) is 0 Å². The number of carbonyl (C=O) groups excluding carboxylic acids is 2. The highest BCUT2D eigenvalue weighted by Crippen LogP contribution is 2.26. The van der Waals surface area contributed by atoms with Crippen LogP contribution in [0.15, 0.2) is 34.7 Å². The summed E-state index contributed by atoms with van der Waals surface area (Å²) in [6, 6.07) is 8.88. The maximum Gasteiger partial charge on any atom is 0.251 e. The first-order valence-electron chi connectivity index (χ1n) is 6.48. The fourth-order valence-corrected chi connectivity index (χ4v) is 1.99. The lowest BCUT2D eigenvalue weighted by molar-refractivity contribution is 0.0942. The van der Waals surface area contributed by atoms with Gasteiger partial charge >= 0.3 is 0 Å². The van der Waals surface area contributed by atoms with E-state index in [0.29, 0.717) is 23.4 Å². The maximum atomic E-state index is 11.9. The summed E-state index contributed by atoms with van der Waals surface area (Å²) in [5.74, 6) is 0.823. The van der Waals surface area contributed by atoms with E-state index in [1.54, 1.807) is 18.2 Å². The van der Waals surface area contributed by atoms with Gasteiger partial charge in [-0.15, -0.1) is 0 Å². The van der Waals surface area contributed by atoms with Gasteiger partial charge in [0.05, 0.1) is 0 Å². The van der Waals surface area contributed by atoms with E-state index in [1.165, 1.54) is 0 Å². The lowest BCUT2D eigenvalue weighted by atomic mass is 10.0. The quantitative estimate of drug-likeness (QED) is 0.869. The number of hydrogen-bond donors (Lipinski definition) is 1. The summed E-state index contributed by atoms with van der Waals surface area (Å²) in [5.41, 5.74) is 2.41. The van der Waals surface area contributed by atoms with Gasteiger partial charge in [0.2, 0.25) is 0 Å². The van der Waals surface area contributed by atoms with Crippen LogP contribution < -0.4 is 5.32 Å². The number of furan rings is 1. The van der Waals surface area contributed by atoms with Crippen molar-refractivity contribution in [2.45, 2.75) is 26.8 Å². The number of aryl methyl sites for hydroxylation is 1. The SMILES string of the molecule is Cc1cc(C(=O)NC(C)C)ccc1-c1ccc(C=O)o1. The number of aldehydes is 1. The highest BCUT2D eigenvalue weighted by Gasteiger charge is 2.11. The second-order valence-electron chi connectivity index (χ2n) is 4.98. The zero-order valence-electron chi connectivity index (χ0n) is 11.8. The molecule has 0 radical (unpaired) electrons. The van der Waals surface area contributed by atoms with Crippen molar-refractivity contribution in [1.82, 2.24) is 5.32 Å². The molecular formula is C16H17NO3. The molecule has 4 heteroatoms. The predicted molar refractivity (Wildman–Crippen MR) is 76.9 cm³/mol. The van der Waals surface area contributed by atoms with Crippen molar-refractivity contribution in [3.05, 3.63) is 47.2 Å². The summed E-state index contributed by atoms with van der Waals surface area (Å²) in [6.07, 6.45) is 0.670. The number of benzene rings is 1. The third-order valence-electron chi connectivity index (χ3n) is 2.92. The van der Waals surface area contributed by atoms with Gasteiger partial charge in [0, 0.05) is 17.2 Å². The van der Waals surface area contributed by atoms with Crippen molar-refractivity contribution >= 4 is 12.2 Å². The molecule has 0 unspecified atom stereocenters. The Morgan fingerprint density at radius 1 is 1.25 bits per heavy atom. The third kappa shape index (κ3) is 2.96. The van der Waals surface area contributed by atoms with Crippen LogP contribution in [0.1, 0.15) is 40.3 Å². The molecule has 0 saturated heterocycles. The van der Waals surface area contributed by atoms with E-state index in [-0.39, 0.29) is 11.9 Å². The van der Waals surface area contributed by atoms with Crippen LogP contribution in [0.2, 0.25) is 0 Å². The van der Waals surface area contributed by atoms with Crippen LogP contribution in [0.25, 0.3) is 11.3 Å². The number of carbonyl (C=O) groups is 2. The van der Waals surface area contributed by atoms with E-state index >= 15 is 0 Å². The minimum atomic E-state index is -0.0947. The van der Waals surface area contributed by atoms with Gasteiger partial charge < -0.3 is 9.73 Å². The Balaban J connectivity index is 2.30. The van der Waals surface area contributed by atoms with Crippen molar-refractivity contribution in [2.24, 2.45) is 0 Å². The Bertz CT molecular complexity index is 641. The number of nitrogens with one attached hydrogen (secondary N) is 1. The molecule has 20 heavy (non-hydrogen) atoms. The zero-order valence-corrected chi connectivity index (χ0v) is 11.8. The van der Waals surface area contributed by atoms with E-state index < -0.39 is 0 Å².